The van der Waals surface area contributed by atoms with E-state index in [0.29, 0.717) is 0 Å². The number of aliphatic hydroxyl groups excluding tert-OH is 1. The molecule has 0 saturated heterocycles. The molecule has 0 radical (unpaired) electrons. The molecule has 3 aromatic rings. The Hall–Kier alpha value is -1.16. The molecule has 90 valence electrons. The first-order chi connectivity index (χ1) is 8.75. The van der Waals surface area contributed by atoms with Crippen LogP contribution >= 0.6 is 27.3 Å². The molecule has 0 aliphatic heterocycles. The van der Waals surface area contributed by atoms with E-state index in [9.17, 15) is 5.11 Å². The van der Waals surface area contributed by atoms with E-state index in [-0.39, 0.29) is 0 Å². The highest BCUT2D eigenvalue weighted by molar-refractivity contribution is 9.10. The third kappa shape index (κ3) is 2.09. The molecule has 3 rings (SSSR count). The van der Waals surface area contributed by atoms with Crippen LogP contribution in [0.15, 0.2) is 58.4 Å². The van der Waals surface area contributed by atoms with Crippen molar-refractivity contribution in [1.29, 1.82) is 0 Å². The number of rotatable bonds is 2. The van der Waals surface area contributed by atoms with Crippen molar-refractivity contribution in [2.24, 2.45) is 0 Å². The maximum atomic E-state index is 10.5. The molecular formula is C15H11BrOS. The number of hydrogen-bond donors (Lipinski definition) is 1. The summed E-state index contributed by atoms with van der Waals surface area (Å²) in [6.45, 7) is 0. The lowest BCUT2D eigenvalue weighted by molar-refractivity contribution is 0.222. The van der Waals surface area contributed by atoms with Crippen LogP contribution in [0.2, 0.25) is 0 Å². The van der Waals surface area contributed by atoms with E-state index in [1.54, 1.807) is 11.3 Å². The summed E-state index contributed by atoms with van der Waals surface area (Å²) >= 11 is 5.10. The Balaban J connectivity index is 2.09. The van der Waals surface area contributed by atoms with Gasteiger partial charge in [-0.05, 0) is 34.5 Å². The molecule has 0 aliphatic rings. The van der Waals surface area contributed by atoms with Crippen LogP contribution in [0.3, 0.4) is 0 Å². The molecule has 1 aromatic heterocycles. The van der Waals surface area contributed by atoms with E-state index in [2.05, 4.69) is 28.1 Å². The highest BCUT2D eigenvalue weighted by Gasteiger charge is 2.14. The average molecular weight is 319 g/mol. The summed E-state index contributed by atoms with van der Waals surface area (Å²) in [5.41, 5.74) is 1.89. The first-order valence-corrected chi connectivity index (χ1v) is 7.32. The Bertz CT molecular complexity index is 690. The normalized spacial score (nSPS) is 12.8. The second-order valence-corrected chi connectivity index (χ2v) is 5.97. The number of aliphatic hydroxyl groups is 1. The van der Waals surface area contributed by atoms with E-state index >= 15 is 0 Å². The van der Waals surface area contributed by atoms with Gasteiger partial charge in [-0.25, -0.2) is 0 Å². The van der Waals surface area contributed by atoms with E-state index in [4.69, 9.17) is 0 Å². The molecule has 0 fully saturated rings. The zero-order chi connectivity index (χ0) is 12.5. The van der Waals surface area contributed by atoms with Gasteiger partial charge in [0.05, 0.1) is 0 Å². The topological polar surface area (TPSA) is 20.2 Å². The van der Waals surface area contributed by atoms with Crippen LogP contribution in [0, 0.1) is 0 Å². The monoisotopic (exact) mass is 318 g/mol. The minimum Gasteiger partial charge on any atom is -0.384 e. The summed E-state index contributed by atoms with van der Waals surface area (Å²) in [6.07, 6.45) is -0.571. The molecule has 1 nitrogen and oxygen atoms in total. The van der Waals surface area contributed by atoms with Crippen LogP contribution in [-0.2, 0) is 0 Å². The van der Waals surface area contributed by atoms with Crippen LogP contribution in [0.5, 0.6) is 0 Å². The largest absolute Gasteiger partial charge is 0.384 e. The van der Waals surface area contributed by atoms with Gasteiger partial charge in [-0.3, -0.25) is 0 Å². The summed E-state index contributed by atoms with van der Waals surface area (Å²) in [5, 5.41) is 13.7. The smallest absolute Gasteiger partial charge is 0.105 e. The average Bonchev–Trinajstić information content (AvgIpc) is 2.82. The molecule has 3 heteroatoms. The molecule has 1 atom stereocenters. The lowest BCUT2D eigenvalue weighted by Gasteiger charge is -2.10. The zero-order valence-electron chi connectivity index (χ0n) is 9.51. The fourth-order valence-electron chi connectivity index (χ4n) is 2.07. The van der Waals surface area contributed by atoms with Crippen LogP contribution in [0.4, 0.5) is 0 Å². The number of hydrogen-bond acceptors (Lipinski definition) is 2. The highest BCUT2D eigenvalue weighted by Crippen LogP contribution is 2.33. The lowest BCUT2D eigenvalue weighted by atomic mass is 10.0. The fourth-order valence-corrected chi connectivity index (χ4v) is 3.46. The van der Waals surface area contributed by atoms with Crippen molar-refractivity contribution in [3.05, 3.63) is 69.5 Å². The van der Waals surface area contributed by atoms with Crippen molar-refractivity contribution in [2.45, 2.75) is 6.10 Å². The second kappa shape index (κ2) is 4.84. The Labute approximate surface area is 118 Å². The van der Waals surface area contributed by atoms with Gasteiger partial charge in [-0.2, -0.15) is 0 Å². The number of fused-ring (bicyclic) bond motifs is 1. The lowest BCUT2D eigenvalue weighted by Crippen LogP contribution is -1.98. The predicted octanol–water partition coefficient (Wildman–Crippen LogP) is 4.75. The van der Waals surface area contributed by atoms with Crippen molar-refractivity contribution in [3.8, 4) is 0 Å². The Morgan fingerprint density at radius 2 is 1.89 bits per heavy atom. The molecule has 0 saturated carbocycles. The zero-order valence-corrected chi connectivity index (χ0v) is 11.9. The van der Waals surface area contributed by atoms with E-state index in [1.807, 2.05) is 41.8 Å². The van der Waals surface area contributed by atoms with Crippen molar-refractivity contribution < 1.29 is 5.11 Å². The molecule has 0 aliphatic carbocycles. The molecule has 18 heavy (non-hydrogen) atoms. The van der Waals surface area contributed by atoms with Crippen LogP contribution < -0.4 is 0 Å². The maximum absolute atomic E-state index is 10.5. The Kier molecular flexibility index (Phi) is 3.20. The van der Waals surface area contributed by atoms with Gasteiger partial charge in [0.1, 0.15) is 6.10 Å². The molecule has 0 bridgehead atoms. The van der Waals surface area contributed by atoms with E-state index < -0.39 is 6.10 Å². The van der Waals surface area contributed by atoms with Crippen molar-refractivity contribution in [2.75, 3.05) is 0 Å². The van der Waals surface area contributed by atoms with Crippen LogP contribution in [-0.4, -0.2) is 5.11 Å². The molecule has 0 amide bonds. The minimum atomic E-state index is -0.571. The second-order valence-electron chi connectivity index (χ2n) is 4.14. The quantitative estimate of drug-likeness (QED) is 0.723. The molecule has 0 spiro atoms. The standard InChI is InChI=1S/C15H11BrOS/c16-11-5-3-4-10(8-11)15(17)13-9-18-14-7-2-1-6-12(13)14/h1-9,15,17H. The van der Waals surface area contributed by atoms with Gasteiger partial charge >= 0.3 is 0 Å². The molecule has 1 heterocycles. The van der Waals surface area contributed by atoms with Gasteiger partial charge in [0.2, 0.25) is 0 Å². The SMILES string of the molecule is OC(c1cccc(Br)c1)c1csc2ccccc12. The van der Waals surface area contributed by atoms with Gasteiger partial charge in [0, 0.05) is 14.7 Å². The highest BCUT2D eigenvalue weighted by atomic mass is 79.9. The fraction of sp³-hybridized carbons (Fsp3) is 0.0667. The van der Waals surface area contributed by atoms with Gasteiger partial charge in [0.25, 0.3) is 0 Å². The van der Waals surface area contributed by atoms with Gasteiger partial charge in [0.15, 0.2) is 0 Å². The minimum absolute atomic E-state index is 0.571. The van der Waals surface area contributed by atoms with Gasteiger partial charge in [-0.15, -0.1) is 11.3 Å². The summed E-state index contributed by atoms with van der Waals surface area (Å²) < 4.78 is 2.19. The van der Waals surface area contributed by atoms with E-state index in [0.717, 1.165) is 21.0 Å². The number of benzene rings is 2. The maximum Gasteiger partial charge on any atom is 0.105 e. The first kappa shape index (κ1) is 11.9. The van der Waals surface area contributed by atoms with Crippen molar-refractivity contribution in [1.82, 2.24) is 0 Å². The van der Waals surface area contributed by atoms with Crippen LogP contribution in [0.25, 0.3) is 10.1 Å². The van der Waals surface area contributed by atoms with Crippen molar-refractivity contribution in [3.63, 3.8) is 0 Å². The van der Waals surface area contributed by atoms with E-state index in [1.165, 1.54) is 4.70 Å². The Morgan fingerprint density at radius 3 is 2.72 bits per heavy atom. The number of halogens is 1. The van der Waals surface area contributed by atoms with Crippen LogP contribution in [0.1, 0.15) is 17.2 Å². The van der Waals surface area contributed by atoms with Gasteiger partial charge < -0.3 is 5.11 Å². The van der Waals surface area contributed by atoms with Crippen molar-refractivity contribution >= 4 is 37.4 Å². The Morgan fingerprint density at radius 1 is 1.06 bits per heavy atom. The molecule has 1 unspecified atom stereocenters. The summed E-state index contributed by atoms with van der Waals surface area (Å²) in [4.78, 5) is 0. The van der Waals surface area contributed by atoms with Gasteiger partial charge in [-0.1, -0.05) is 46.3 Å². The predicted molar refractivity (Wildman–Crippen MR) is 80.0 cm³/mol. The molecule has 2 aromatic carbocycles. The molecular weight excluding hydrogens is 308 g/mol. The third-order valence-electron chi connectivity index (χ3n) is 2.97. The molecule has 1 N–H and O–H groups in total. The summed E-state index contributed by atoms with van der Waals surface area (Å²) in [5.74, 6) is 0. The third-order valence-corrected chi connectivity index (χ3v) is 4.44. The number of thiophene rings is 1. The summed E-state index contributed by atoms with van der Waals surface area (Å²) in [6, 6.07) is 16.0. The first-order valence-electron chi connectivity index (χ1n) is 5.65. The summed E-state index contributed by atoms with van der Waals surface area (Å²) in [7, 11) is 0.